The van der Waals surface area contributed by atoms with Crippen molar-refractivity contribution >= 4 is 12.0 Å². The number of benzene rings is 1. The van der Waals surface area contributed by atoms with Gasteiger partial charge in [0.15, 0.2) is 11.5 Å². The highest BCUT2D eigenvalue weighted by atomic mass is 16.5. The number of aromatic hydroxyl groups is 1. The van der Waals surface area contributed by atoms with E-state index < -0.39 is 5.97 Å². The quantitative estimate of drug-likeness (QED) is 0.472. The van der Waals surface area contributed by atoms with Crippen LogP contribution in [0.1, 0.15) is 25.3 Å². The summed E-state index contributed by atoms with van der Waals surface area (Å²) in [5.74, 6) is 0.0915. The van der Waals surface area contributed by atoms with Crippen LogP contribution in [0.25, 0.3) is 6.08 Å². The molecule has 0 amide bonds. The molecule has 1 aromatic carbocycles. The fraction of sp³-hybridized carbons (Fsp3) is 0.400. The van der Waals surface area contributed by atoms with Crippen molar-refractivity contribution in [3.05, 3.63) is 23.8 Å². The van der Waals surface area contributed by atoms with Crippen LogP contribution in [-0.4, -0.2) is 31.9 Å². The van der Waals surface area contributed by atoms with Gasteiger partial charge in [-0.3, -0.25) is 0 Å². The maximum absolute atomic E-state index is 11.4. The minimum absolute atomic E-state index is 0.0716. The number of esters is 1. The topological polar surface area (TPSA) is 65.0 Å². The second-order valence-electron chi connectivity index (χ2n) is 4.13. The van der Waals surface area contributed by atoms with Crippen LogP contribution in [-0.2, 0) is 9.53 Å². The lowest BCUT2D eigenvalue weighted by Gasteiger charge is -2.09. The van der Waals surface area contributed by atoms with Gasteiger partial charge >= 0.3 is 5.97 Å². The van der Waals surface area contributed by atoms with Gasteiger partial charge in [-0.1, -0.05) is 13.3 Å². The van der Waals surface area contributed by atoms with E-state index in [9.17, 15) is 9.90 Å². The van der Waals surface area contributed by atoms with Gasteiger partial charge in [0.05, 0.1) is 20.8 Å². The van der Waals surface area contributed by atoms with Gasteiger partial charge in [0, 0.05) is 6.08 Å². The molecule has 0 unspecified atom stereocenters. The molecule has 0 heterocycles. The van der Waals surface area contributed by atoms with E-state index in [4.69, 9.17) is 14.2 Å². The van der Waals surface area contributed by atoms with Gasteiger partial charge in [-0.15, -0.1) is 0 Å². The lowest BCUT2D eigenvalue weighted by molar-refractivity contribution is -0.137. The van der Waals surface area contributed by atoms with Gasteiger partial charge in [0.25, 0.3) is 0 Å². The third-order valence-electron chi connectivity index (χ3n) is 2.66. The summed E-state index contributed by atoms with van der Waals surface area (Å²) in [6.45, 7) is 2.45. The molecule has 0 atom stereocenters. The predicted molar refractivity (Wildman–Crippen MR) is 76.1 cm³/mol. The maximum Gasteiger partial charge on any atom is 0.330 e. The molecule has 0 aliphatic rings. The fourth-order valence-electron chi connectivity index (χ4n) is 1.54. The molecule has 0 aromatic heterocycles. The molecule has 110 valence electrons. The number of hydrogen-bond acceptors (Lipinski definition) is 5. The molecule has 0 bridgehead atoms. The summed E-state index contributed by atoms with van der Waals surface area (Å²) in [6.07, 6.45) is 4.74. The summed E-state index contributed by atoms with van der Waals surface area (Å²) < 4.78 is 15.1. The number of hydrogen-bond donors (Lipinski definition) is 1. The molecule has 0 fully saturated rings. The molecule has 0 saturated carbocycles. The number of methoxy groups -OCH3 is 2. The van der Waals surface area contributed by atoms with Crippen LogP contribution < -0.4 is 9.47 Å². The summed E-state index contributed by atoms with van der Waals surface area (Å²) in [4.78, 5) is 11.4. The van der Waals surface area contributed by atoms with Crippen molar-refractivity contribution in [2.75, 3.05) is 20.8 Å². The van der Waals surface area contributed by atoms with Gasteiger partial charge in [-0.05, 0) is 30.2 Å². The van der Waals surface area contributed by atoms with Crippen LogP contribution in [0, 0.1) is 0 Å². The highest BCUT2D eigenvalue weighted by Gasteiger charge is 2.10. The summed E-state index contributed by atoms with van der Waals surface area (Å²) in [6, 6.07) is 3.21. The Morgan fingerprint density at radius 2 is 1.85 bits per heavy atom. The highest BCUT2D eigenvalue weighted by molar-refractivity contribution is 5.87. The van der Waals surface area contributed by atoms with E-state index in [2.05, 4.69) is 0 Å². The first-order chi connectivity index (χ1) is 9.62. The molecule has 0 aliphatic carbocycles. The minimum atomic E-state index is -0.399. The van der Waals surface area contributed by atoms with Crippen molar-refractivity contribution in [1.29, 1.82) is 0 Å². The molecule has 1 rings (SSSR count). The highest BCUT2D eigenvalue weighted by Crippen LogP contribution is 2.37. The van der Waals surface area contributed by atoms with Crippen LogP contribution in [0.4, 0.5) is 0 Å². The summed E-state index contributed by atoms with van der Waals surface area (Å²) in [5, 5.41) is 9.77. The van der Waals surface area contributed by atoms with Crippen molar-refractivity contribution in [3.63, 3.8) is 0 Å². The Balaban J connectivity index is 2.79. The van der Waals surface area contributed by atoms with Crippen molar-refractivity contribution in [2.24, 2.45) is 0 Å². The molecule has 1 aromatic rings. The van der Waals surface area contributed by atoms with Crippen LogP contribution in [0.5, 0.6) is 17.2 Å². The van der Waals surface area contributed by atoms with Crippen LogP contribution in [0.3, 0.4) is 0 Å². The lowest BCUT2D eigenvalue weighted by atomic mass is 10.1. The molecule has 0 saturated heterocycles. The average Bonchev–Trinajstić information content (AvgIpc) is 2.46. The van der Waals surface area contributed by atoms with Gasteiger partial charge in [-0.2, -0.15) is 0 Å². The SMILES string of the molecule is CCCCOC(=O)C=Cc1cc(OC)c(O)c(OC)c1. The fourth-order valence-corrected chi connectivity index (χ4v) is 1.54. The number of phenols is 1. The van der Waals surface area contributed by atoms with Crippen molar-refractivity contribution in [1.82, 2.24) is 0 Å². The third-order valence-corrected chi connectivity index (χ3v) is 2.66. The van der Waals surface area contributed by atoms with Crippen LogP contribution >= 0.6 is 0 Å². The molecule has 1 N–H and O–H groups in total. The average molecular weight is 280 g/mol. The van der Waals surface area contributed by atoms with E-state index in [1.54, 1.807) is 18.2 Å². The standard InChI is InChI=1S/C15H20O5/c1-4-5-8-20-14(16)7-6-11-9-12(18-2)15(17)13(10-11)19-3/h6-7,9-10,17H,4-5,8H2,1-3H3. The Morgan fingerprint density at radius 3 is 2.35 bits per heavy atom. The molecule has 5 nitrogen and oxygen atoms in total. The minimum Gasteiger partial charge on any atom is -0.502 e. The van der Waals surface area contributed by atoms with E-state index >= 15 is 0 Å². The Morgan fingerprint density at radius 1 is 1.25 bits per heavy atom. The summed E-state index contributed by atoms with van der Waals surface area (Å²) in [5.41, 5.74) is 0.670. The van der Waals surface area contributed by atoms with E-state index in [-0.39, 0.29) is 17.2 Å². The van der Waals surface area contributed by atoms with Gasteiger partial charge < -0.3 is 19.3 Å². The number of phenolic OH excluding ortho intramolecular Hbond substituents is 1. The zero-order valence-electron chi connectivity index (χ0n) is 12.0. The maximum atomic E-state index is 11.4. The Labute approximate surface area is 118 Å². The first-order valence-corrected chi connectivity index (χ1v) is 6.42. The second kappa shape index (κ2) is 8.09. The number of carbonyl (C=O) groups is 1. The number of unbranched alkanes of at least 4 members (excludes halogenated alkanes) is 1. The van der Waals surface area contributed by atoms with Crippen LogP contribution in [0.15, 0.2) is 18.2 Å². The molecule has 0 aliphatic heterocycles. The monoisotopic (exact) mass is 280 g/mol. The van der Waals surface area contributed by atoms with Crippen LogP contribution in [0.2, 0.25) is 0 Å². The van der Waals surface area contributed by atoms with E-state index in [1.165, 1.54) is 20.3 Å². The summed E-state index contributed by atoms with van der Waals surface area (Å²) in [7, 11) is 2.89. The molecular formula is C15H20O5. The molecule has 5 heteroatoms. The summed E-state index contributed by atoms with van der Waals surface area (Å²) >= 11 is 0. The Hall–Kier alpha value is -2.17. The van der Waals surface area contributed by atoms with E-state index in [1.807, 2.05) is 6.92 Å². The third kappa shape index (κ3) is 4.50. The molecular weight excluding hydrogens is 260 g/mol. The Kier molecular flexibility index (Phi) is 6.43. The van der Waals surface area contributed by atoms with Gasteiger partial charge in [-0.25, -0.2) is 4.79 Å². The first kappa shape index (κ1) is 15.9. The normalized spacial score (nSPS) is 10.6. The largest absolute Gasteiger partial charge is 0.502 e. The number of rotatable bonds is 7. The number of carbonyl (C=O) groups excluding carboxylic acids is 1. The molecule has 0 spiro atoms. The lowest BCUT2D eigenvalue weighted by Crippen LogP contribution is -2.01. The smallest absolute Gasteiger partial charge is 0.330 e. The van der Waals surface area contributed by atoms with E-state index in [0.717, 1.165) is 12.8 Å². The van der Waals surface area contributed by atoms with Gasteiger partial charge in [0.2, 0.25) is 5.75 Å². The molecule has 0 radical (unpaired) electrons. The second-order valence-corrected chi connectivity index (χ2v) is 4.13. The predicted octanol–water partition coefficient (Wildman–Crippen LogP) is 2.77. The molecule has 20 heavy (non-hydrogen) atoms. The number of ether oxygens (including phenoxy) is 3. The van der Waals surface area contributed by atoms with E-state index in [0.29, 0.717) is 12.2 Å². The zero-order valence-corrected chi connectivity index (χ0v) is 12.0. The van der Waals surface area contributed by atoms with Crippen molar-refractivity contribution in [2.45, 2.75) is 19.8 Å². The first-order valence-electron chi connectivity index (χ1n) is 6.42. The van der Waals surface area contributed by atoms with Crippen molar-refractivity contribution < 1.29 is 24.1 Å². The zero-order chi connectivity index (χ0) is 15.0. The van der Waals surface area contributed by atoms with Gasteiger partial charge in [0.1, 0.15) is 0 Å². The Bertz CT molecular complexity index is 454. The van der Waals surface area contributed by atoms with Crippen molar-refractivity contribution in [3.8, 4) is 17.2 Å².